The molecule has 138 valence electrons. The fourth-order valence-electron chi connectivity index (χ4n) is 3.25. The molecule has 0 aromatic heterocycles. The van der Waals surface area contributed by atoms with Gasteiger partial charge in [-0.05, 0) is 62.9 Å². The van der Waals surface area contributed by atoms with Crippen molar-refractivity contribution in [3.63, 3.8) is 0 Å². The number of carbonyl (C=O) groups excluding carboxylic acids is 1. The molecule has 6 nitrogen and oxygen atoms in total. The van der Waals surface area contributed by atoms with Crippen LogP contribution in [0.2, 0.25) is 0 Å². The van der Waals surface area contributed by atoms with Gasteiger partial charge in [-0.25, -0.2) is 13.1 Å². The maximum Gasteiger partial charge on any atom is 0.240 e. The van der Waals surface area contributed by atoms with Crippen LogP contribution in [0.3, 0.4) is 0 Å². The zero-order valence-corrected chi connectivity index (χ0v) is 15.5. The van der Waals surface area contributed by atoms with Crippen LogP contribution < -0.4 is 10.0 Å². The number of nitrogens with zero attached hydrogens (tertiary/aromatic N) is 1. The second-order valence-electron chi connectivity index (χ2n) is 7.09. The Labute approximate surface area is 150 Å². The molecule has 25 heavy (non-hydrogen) atoms. The maximum absolute atomic E-state index is 12.3. The number of carbonyl (C=O) groups is 1. The summed E-state index contributed by atoms with van der Waals surface area (Å²) >= 11 is 0. The molecule has 2 aliphatic rings. The largest absolute Gasteiger partial charge is 0.342 e. The van der Waals surface area contributed by atoms with Gasteiger partial charge in [-0.3, -0.25) is 4.79 Å². The van der Waals surface area contributed by atoms with Crippen molar-refractivity contribution in [2.24, 2.45) is 5.92 Å². The van der Waals surface area contributed by atoms with Gasteiger partial charge in [-0.2, -0.15) is 0 Å². The van der Waals surface area contributed by atoms with E-state index >= 15 is 0 Å². The Morgan fingerprint density at radius 3 is 2.56 bits per heavy atom. The van der Waals surface area contributed by atoms with E-state index in [0.29, 0.717) is 23.7 Å². The van der Waals surface area contributed by atoms with Crippen molar-refractivity contribution in [3.05, 3.63) is 29.8 Å². The number of aryl methyl sites for hydroxylation is 1. The van der Waals surface area contributed by atoms with Gasteiger partial charge in [0.25, 0.3) is 0 Å². The number of benzene rings is 1. The van der Waals surface area contributed by atoms with Gasteiger partial charge in [0.1, 0.15) is 0 Å². The third-order valence-electron chi connectivity index (χ3n) is 4.89. The Bertz CT molecular complexity index is 699. The lowest BCUT2D eigenvalue weighted by Gasteiger charge is -2.16. The predicted octanol–water partition coefficient (Wildman–Crippen LogP) is 1.13. The summed E-state index contributed by atoms with van der Waals surface area (Å²) in [4.78, 5) is 14.6. The molecule has 1 amide bonds. The molecule has 0 spiro atoms. The number of amides is 1. The highest BCUT2D eigenvalue weighted by Gasteiger charge is 2.28. The van der Waals surface area contributed by atoms with Crippen LogP contribution in [0.5, 0.6) is 0 Å². The minimum atomic E-state index is -3.40. The van der Waals surface area contributed by atoms with Gasteiger partial charge in [0.05, 0.1) is 4.90 Å². The molecule has 7 heteroatoms. The van der Waals surface area contributed by atoms with Gasteiger partial charge in [0.15, 0.2) is 0 Å². The van der Waals surface area contributed by atoms with E-state index in [1.165, 1.54) is 0 Å². The molecule has 0 bridgehead atoms. The van der Waals surface area contributed by atoms with Crippen LogP contribution in [0.4, 0.5) is 0 Å². The zero-order chi connectivity index (χ0) is 17.9. The first-order valence-electron chi connectivity index (χ1n) is 9.01. The highest BCUT2D eigenvalue weighted by molar-refractivity contribution is 7.89. The van der Waals surface area contributed by atoms with E-state index in [4.69, 9.17) is 0 Å². The van der Waals surface area contributed by atoms with Crippen molar-refractivity contribution in [1.82, 2.24) is 14.9 Å². The number of nitrogens with one attached hydrogen (secondary N) is 2. The molecule has 3 rings (SSSR count). The van der Waals surface area contributed by atoms with Crippen molar-refractivity contribution in [1.29, 1.82) is 0 Å². The Morgan fingerprint density at radius 1 is 1.20 bits per heavy atom. The fourth-order valence-corrected chi connectivity index (χ4v) is 4.55. The summed E-state index contributed by atoms with van der Waals surface area (Å²) in [5, 5.41) is 3.17. The van der Waals surface area contributed by atoms with Crippen molar-refractivity contribution in [2.45, 2.75) is 43.0 Å². The molecule has 2 fully saturated rings. The summed E-state index contributed by atoms with van der Waals surface area (Å²) in [5.74, 6) is 0.739. The highest BCUT2D eigenvalue weighted by atomic mass is 32.2. The number of hydrogen-bond donors (Lipinski definition) is 2. The van der Waals surface area contributed by atoms with Crippen molar-refractivity contribution in [2.75, 3.05) is 26.7 Å². The standard InChI is InChI=1S/C18H27N3O3S/c1-19-12-15-10-11-21(13-15)18(22)9-4-14-2-7-17(8-3-14)25(23,24)20-16-5-6-16/h2-3,7-8,15-16,19-20H,4-6,9-13H2,1H3. The van der Waals surface area contributed by atoms with Crippen molar-refractivity contribution < 1.29 is 13.2 Å². The average molecular weight is 365 g/mol. The maximum atomic E-state index is 12.3. The highest BCUT2D eigenvalue weighted by Crippen LogP contribution is 2.22. The molecule has 1 aromatic carbocycles. The normalized spacial score (nSPS) is 20.8. The molecular formula is C18H27N3O3S. The van der Waals surface area contributed by atoms with Crippen LogP contribution >= 0.6 is 0 Å². The van der Waals surface area contributed by atoms with E-state index in [1.807, 2.05) is 24.1 Å². The third kappa shape index (κ3) is 5.03. The van der Waals surface area contributed by atoms with Gasteiger partial charge in [0, 0.05) is 25.6 Å². The van der Waals surface area contributed by atoms with Crippen LogP contribution in [-0.4, -0.2) is 51.9 Å². The van der Waals surface area contributed by atoms with Crippen LogP contribution in [0, 0.1) is 5.92 Å². The summed E-state index contributed by atoms with van der Waals surface area (Å²) in [6.07, 6.45) is 4.02. The smallest absolute Gasteiger partial charge is 0.240 e. The molecular weight excluding hydrogens is 338 g/mol. The van der Waals surface area contributed by atoms with Gasteiger partial charge in [-0.15, -0.1) is 0 Å². The van der Waals surface area contributed by atoms with Gasteiger partial charge < -0.3 is 10.2 Å². The van der Waals surface area contributed by atoms with E-state index in [2.05, 4.69) is 10.0 Å². The van der Waals surface area contributed by atoms with Crippen LogP contribution in [0.1, 0.15) is 31.2 Å². The number of hydrogen-bond acceptors (Lipinski definition) is 4. The molecule has 1 atom stereocenters. The molecule has 1 heterocycles. The van der Waals surface area contributed by atoms with E-state index in [-0.39, 0.29) is 11.9 Å². The SMILES string of the molecule is CNCC1CCN(C(=O)CCc2ccc(S(=O)(=O)NC3CC3)cc2)C1. The topological polar surface area (TPSA) is 78.5 Å². The molecule has 0 radical (unpaired) electrons. The molecule has 1 aromatic rings. The lowest BCUT2D eigenvalue weighted by Crippen LogP contribution is -2.30. The summed E-state index contributed by atoms with van der Waals surface area (Å²) in [6.45, 7) is 2.63. The number of likely N-dealkylation sites (tertiary alicyclic amines) is 1. The minimum absolute atomic E-state index is 0.106. The van der Waals surface area contributed by atoms with Gasteiger partial charge in [-0.1, -0.05) is 12.1 Å². The molecule has 1 saturated heterocycles. The summed E-state index contributed by atoms with van der Waals surface area (Å²) in [7, 11) is -1.46. The lowest BCUT2D eigenvalue weighted by atomic mass is 10.1. The van der Waals surface area contributed by atoms with Gasteiger partial charge in [0.2, 0.25) is 15.9 Å². The van der Waals surface area contributed by atoms with Crippen molar-refractivity contribution in [3.8, 4) is 0 Å². The molecule has 1 unspecified atom stereocenters. The Morgan fingerprint density at radius 2 is 1.92 bits per heavy atom. The second-order valence-corrected chi connectivity index (χ2v) is 8.81. The van der Waals surface area contributed by atoms with E-state index in [0.717, 1.165) is 44.5 Å². The van der Waals surface area contributed by atoms with E-state index < -0.39 is 10.0 Å². The average Bonchev–Trinajstić information content (AvgIpc) is 3.27. The molecule has 2 N–H and O–H groups in total. The number of sulfonamides is 1. The van der Waals surface area contributed by atoms with Crippen LogP contribution in [0.15, 0.2) is 29.2 Å². The fraction of sp³-hybridized carbons (Fsp3) is 0.611. The minimum Gasteiger partial charge on any atom is -0.342 e. The Kier molecular flexibility index (Phi) is 5.76. The molecule has 1 aliphatic carbocycles. The van der Waals surface area contributed by atoms with Gasteiger partial charge >= 0.3 is 0 Å². The van der Waals surface area contributed by atoms with Crippen LogP contribution in [-0.2, 0) is 21.2 Å². The molecule has 1 aliphatic heterocycles. The third-order valence-corrected chi connectivity index (χ3v) is 6.43. The summed E-state index contributed by atoms with van der Waals surface area (Å²) < 4.78 is 27.0. The zero-order valence-electron chi connectivity index (χ0n) is 14.7. The summed E-state index contributed by atoms with van der Waals surface area (Å²) in [5.41, 5.74) is 0.990. The molecule has 1 saturated carbocycles. The predicted molar refractivity (Wildman–Crippen MR) is 96.7 cm³/mol. The van der Waals surface area contributed by atoms with E-state index in [9.17, 15) is 13.2 Å². The van der Waals surface area contributed by atoms with Crippen LogP contribution in [0.25, 0.3) is 0 Å². The Hall–Kier alpha value is -1.44. The van der Waals surface area contributed by atoms with E-state index in [1.54, 1.807) is 12.1 Å². The quantitative estimate of drug-likeness (QED) is 0.724. The first-order chi connectivity index (χ1) is 12.0. The number of rotatable bonds is 8. The summed E-state index contributed by atoms with van der Waals surface area (Å²) in [6, 6.07) is 6.98. The first kappa shape index (κ1) is 18.4. The monoisotopic (exact) mass is 365 g/mol. The first-order valence-corrected chi connectivity index (χ1v) is 10.5. The second kappa shape index (κ2) is 7.85. The van der Waals surface area contributed by atoms with Crippen molar-refractivity contribution >= 4 is 15.9 Å². The lowest BCUT2D eigenvalue weighted by molar-refractivity contribution is -0.130. The Balaban J connectivity index is 1.49.